The summed E-state index contributed by atoms with van der Waals surface area (Å²) in [6, 6.07) is 8.85. The van der Waals surface area contributed by atoms with Crippen molar-refractivity contribution in [2.45, 2.75) is 6.04 Å². The molecule has 16 heavy (non-hydrogen) atoms. The van der Waals surface area contributed by atoms with Gasteiger partial charge in [-0.15, -0.1) is 0 Å². The summed E-state index contributed by atoms with van der Waals surface area (Å²) in [7, 11) is 1.99. The fraction of sp³-hybridized carbons (Fsp3) is 0.167. The third kappa shape index (κ3) is 2.67. The van der Waals surface area contributed by atoms with Crippen LogP contribution in [0.25, 0.3) is 0 Å². The minimum atomic E-state index is 0.260. The Balaban J connectivity index is 2.44. The lowest BCUT2D eigenvalue weighted by Crippen LogP contribution is -2.17. The highest BCUT2D eigenvalue weighted by atomic mass is 127. The monoisotopic (exact) mass is 407 g/mol. The molecule has 0 amide bonds. The van der Waals surface area contributed by atoms with Crippen LogP contribution in [0.4, 0.5) is 0 Å². The van der Waals surface area contributed by atoms with Crippen molar-refractivity contribution in [1.82, 2.24) is 5.32 Å². The number of rotatable bonds is 3. The van der Waals surface area contributed by atoms with Crippen LogP contribution in [0.1, 0.15) is 17.2 Å². The standard InChI is InChI=1S/C12H11BrINS/c1-15-12(8-4-5-16-7-8)10-6-9(14)2-3-11(10)13/h2-7,12,15H,1H3. The molecule has 1 N–H and O–H groups in total. The highest BCUT2D eigenvalue weighted by Crippen LogP contribution is 2.30. The van der Waals surface area contributed by atoms with E-state index in [1.54, 1.807) is 11.3 Å². The second-order valence-electron chi connectivity index (χ2n) is 3.44. The van der Waals surface area contributed by atoms with E-state index in [1.807, 2.05) is 7.05 Å². The SMILES string of the molecule is CNC(c1ccsc1)c1cc(I)ccc1Br. The molecule has 0 aliphatic heterocycles. The molecule has 84 valence electrons. The Morgan fingerprint density at radius 2 is 2.19 bits per heavy atom. The molecule has 1 aromatic carbocycles. The van der Waals surface area contributed by atoms with Crippen molar-refractivity contribution in [3.8, 4) is 0 Å². The van der Waals surface area contributed by atoms with E-state index in [1.165, 1.54) is 14.7 Å². The van der Waals surface area contributed by atoms with Gasteiger partial charge in [0.2, 0.25) is 0 Å². The molecule has 0 aliphatic rings. The van der Waals surface area contributed by atoms with E-state index >= 15 is 0 Å². The summed E-state index contributed by atoms with van der Waals surface area (Å²) in [4.78, 5) is 0. The van der Waals surface area contributed by atoms with E-state index in [0.29, 0.717) is 0 Å². The molecule has 1 heterocycles. The van der Waals surface area contributed by atoms with Crippen LogP contribution in [0.3, 0.4) is 0 Å². The minimum absolute atomic E-state index is 0.260. The van der Waals surface area contributed by atoms with Crippen LogP contribution in [0, 0.1) is 3.57 Å². The fourth-order valence-corrected chi connectivity index (χ4v) is 3.35. The lowest BCUT2D eigenvalue weighted by Gasteiger charge is -2.17. The molecule has 0 saturated carbocycles. The minimum Gasteiger partial charge on any atom is -0.309 e. The van der Waals surface area contributed by atoms with Crippen LogP contribution in [-0.2, 0) is 0 Å². The maximum Gasteiger partial charge on any atom is 0.0594 e. The van der Waals surface area contributed by atoms with Gasteiger partial charge < -0.3 is 5.32 Å². The average Bonchev–Trinajstić information content (AvgIpc) is 2.78. The molecular formula is C12H11BrINS. The summed E-state index contributed by atoms with van der Waals surface area (Å²) < 4.78 is 2.41. The predicted molar refractivity (Wildman–Crippen MR) is 82.1 cm³/mol. The number of hydrogen-bond acceptors (Lipinski definition) is 2. The summed E-state index contributed by atoms with van der Waals surface area (Å²) in [6.45, 7) is 0. The van der Waals surface area contributed by atoms with Crippen LogP contribution in [-0.4, -0.2) is 7.05 Å². The van der Waals surface area contributed by atoms with Gasteiger partial charge in [-0.05, 0) is 75.8 Å². The van der Waals surface area contributed by atoms with E-state index in [-0.39, 0.29) is 6.04 Å². The van der Waals surface area contributed by atoms with Gasteiger partial charge >= 0.3 is 0 Å². The van der Waals surface area contributed by atoms with Gasteiger partial charge in [-0.3, -0.25) is 0 Å². The first-order chi connectivity index (χ1) is 7.72. The van der Waals surface area contributed by atoms with E-state index in [0.717, 1.165) is 4.47 Å². The lowest BCUT2D eigenvalue weighted by atomic mass is 10.0. The highest BCUT2D eigenvalue weighted by Gasteiger charge is 2.15. The summed E-state index contributed by atoms with van der Waals surface area (Å²) in [5, 5.41) is 7.66. The summed E-state index contributed by atoms with van der Waals surface area (Å²) in [5.41, 5.74) is 2.60. The topological polar surface area (TPSA) is 12.0 Å². The van der Waals surface area contributed by atoms with Crippen molar-refractivity contribution in [3.63, 3.8) is 0 Å². The maximum atomic E-state index is 3.62. The molecule has 1 nitrogen and oxygen atoms in total. The molecule has 0 aliphatic carbocycles. The first-order valence-corrected chi connectivity index (χ1v) is 7.68. The third-order valence-electron chi connectivity index (χ3n) is 2.43. The molecule has 0 spiro atoms. The van der Waals surface area contributed by atoms with Crippen molar-refractivity contribution in [2.24, 2.45) is 0 Å². The van der Waals surface area contributed by atoms with Crippen LogP contribution >= 0.6 is 49.9 Å². The van der Waals surface area contributed by atoms with Crippen molar-refractivity contribution in [2.75, 3.05) is 7.05 Å². The van der Waals surface area contributed by atoms with Crippen LogP contribution in [0.2, 0.25) is 0 Å². The molecule has 1 unspecified atom stereocenters. The first kappa shape index (κ1) is 12.5. The van der Waals surface area contributed by atoms with Crippen LogP contribution in [0.15, 0.2) is 39.5 Å². The van der Waals surface area contributed by atoms with Gasteiger partial charge in [0, 0.05) is 8.04 Å². The summed E-state index contributed by atoms with van der Waals surface area (Å²) in [5.74, 6) is 0. The predicted octanol–water partition coefficient (Wildman–Crippen LogP) is 4.42. The number of halogens is 2. The average molecular weight is 408 g/mol. The van der Waals surface area contributed by atoms with Crippen molar-refractivity contribution >= 4 is 49.9 Å². The van der Waals surface area contributed by atoms with Gasteiger partial charge in [-0.25, -0.2) is 0 Å². The van der Waals surface area contributed by atoms with Crippen molar-refractivity contribution in [1.29, 1.82) is 0 Å². The molecule has 0 saturated heterocycles. The Hall–Kier alpha value is 0.0900. The van der Waals surface area contributed by atoms with Gasteiger partial charge in [-0.2, -0.15) is 11.3 Å². The van der Waals surface area contributed by atoms with Crippen molar-refractivity contribution in [3.05, 3.63) is 54.2 Å². The van der Waals surface area contributed by atoms with Crippen LogP contribution < -0.4 is 5.32 Å². The molecule has 2 rings (SSSR count). The number of hydrogen-bond donors (Lipinski definition) is 1. The smallest absolute Gasteiger partial charge is 0.0594 e. The Kier molecular flexibility index (Phi) is 4.41. The molecular weight excluding hydrogens is 397 g/mol. The zero-order chi connectivity index (χ0) is 11.5. The Bertz CT molecular complexity index is 470. The second kappa shape index (κ2) is 5.62. The van der Waals surface area contributed by atoms with E-state index in [4.69, 9.17) is 0 Å². The summed E-state index contributed by atoms with van der Waals surface area (Å²) >= 11 is 7.69. The number of nitrogens with one attached hydrogen (secondary N) is 1. The van der Waals surface area contributed by atoms with Gasteiger partial charge in [0.05, 0.1) is 6.04 Å². The zero-order valence-corrected chi connectivity index (χ0v) is 13.3. The molecule has 0 fully saturated rings. The van der Waals surface area contributed by atoms with Gasteiger partial charge in [0.25, 0.3) is 0 Å². The highest BCUT2D eigenvalue weighted by molar-refractivity contribution is 14.1. The normalized spacial score (nSPS) is 12.7. The molecule has 2 aromatic rings. The largest absolute Gasteiger partial charge is 0.309 e. The Morgan fingerprint density at radius 3 is 2.81 bits per heavy atom. The molecule has 4 heteroatoms. The molecule has 1 aromatic heterocycles. The lowest BCUT2D eigenvalue weighted by molar-refractivity contribution is 0.691. The Morgan fingerprint density at radius 1 is 1.38 bits per heavy atom. The quantitative estimate of drug-likeness (QED) is 0.742. The van der Waals surface area contributed by atoms with Gasteiger partial charge in [0.15, 0.2) is 0 Å². The van der Waals surface area contributed by atoms with E-state index in [9.17, 15) is 0 Å². The molecule has 0 radical (unpaired) electrons. The van der Waals surface area contributed by atoms with Crippen LogP contribution in [0.5, 0.6) is 0 Å². The fourth-order valence-electron chi connectivity index (χ4n) is 1.68. The summed E-state index contributed by atoms with van der Waals surface area (Å²) in [6.07, 6.45) is 0. The first-order valence-electron chi connectivity index (χ1n) is 4.86. The third-order valence-corrected chi connectivity index (χ3v) is 4.53. The van der Waals surface area contributed by atoms with E-state index < -0.39 is 0 Å². The van der Waals surface area contributed by atoms with Gasteiger partial charge in [0.1, 0.15) is 0 Å². The zero-order valence-electron chi connectivity index (χ0n) is 8.71. The number of benzene rings is 1. The maximum absolute atomic E-state index is 3.62. The van der Waals surface area contributed by atoms with E-state index in [2.05, 4.69) is 78.9 Å². The molecule has 0 bridgehead atoms. The van der Waals surface area contributed by atoms with Crippen molar-refractivity contribution < 1.29 is 0 Å². The second-order valence-corrected chi connectivity index (χ2v) is 6.32. The number of thiophene rings is 1. The molecule has 1 atom stereocenters. The van der Waals surface area contributed by atoms with Gasteiger partial charge in [-0.1, -0.05) is 15.9 Å². The Labute approximate surface area is 122 Å².